The molecule has 0 radical (unpaired) electrons. The predicted octanol–water partition coefficient (Wildman–Crippen LogP) is 3.27. The van der Waals surface area contributed by atoms with Crippen molar-refractivity contribution in [3.05, 3.63) is 28.3 Å². The van der Waals surface area contributed by atoms with Crippen LogP contribution in [0.1, 0.15) is 22.8 Å². The summed E-state index contributed by atoms with van der Waals surface area (Å²) in [6, 6.07) is 1.25. The molecule has 0 heterocycles. The number of aromatic hydroxyl groups is 1. The molecular formula is C9H6ClF3O2. The van der Waals surface area contributed by atoms with Gasteiger partial charge in [0, 0.05) is 5.56 Å². The summed E-state index contributed by atoms with van der Waals surface area (Å²) in [5.41, 5.74) is -1.39. The lowest BCUT2D eigenvalue weighted by Gasteiger charge is -2.10. The third-order valence-electron chi connectivity index (χ3n) is 1.77. The van der Waals surface area contributed by atoms with Gasteiger partial charge in [0.1, 0.15) is 5.75 Å². The van der Waals surface area contributed by atoms with E-state index < -0.39 is 23.3 Å². The van der Waals surface area contributed by atoms with E-state index >= 15 is 0 Å². The molecule has 0 unspecified atom stereocenters. The maximum Gasteiger partial charge on any atom is 0.420 e. The van der Waals surface area contributed by atoms with Crippen LogP contribution < -0.4 is 0 Å². The molecule has 0 fully saturated rings. The number of halogens is 4. The van der Waals surface area contributed by atoms with E-state index in [0.29, 0.717) is 12.1 Å². The first kappa shape index (κ1) is 11.8. The summed E-state index contributed by atoms with van der Waals surface area (Å²) in [7, 11) is 0. The van der Waals surface area contributed by atoms with E-state index in [9.17, 15) is 18.0 Å². The first-order valence-electron chi connectivity index (χ1n) is 3.84. The molecule has 2 nitrogen and oxygen atoms in total. The molecule has 0 spiro atoms. The molecule has 0 aliphatic rings. The number of hydrogen-bond acceptors (Lipinski definition) is 2. The van der Waals surface area contributed by atoms with Crippen LogP contribution in [0.2, 0.25) is 5.02 Å². The van der Waals surface area contributed by atoms with Gasteiger partial charge in [0.25, 0.3) is 0 Å². The van der Waals surface area contributed by atoms with E-state index in [0.717, 1.165) is 6.92 Å². The molecule has 0 aromatic heterocycles. The Hall–Kier alpha value is -1.23. The normalized spacial score (nSPS) is 11.5. The van der Waals surface area contributed by atoms with Crippen molar-refractivity contribution in [3.63, 3.8) is 0 Å². The van der Waals surface area contributed by atoms with Crippen LogP contribution in [0.25, 0.3) is 0 Å². The zero-order valence-electron chi connectivity index (χ0n) is 7.52. The lowest BCUT2D eigenvalue weighted by molar-refractivity contribution is -0.138. The number of benzene rings is 1. The van der Waals surface area contributed by atoms with Gasteiger partial charge < -0.3 is 5.11 Å². The highest BCUT2D eigenvalue weighted by Crippen LogP contribution is 2.38. The first-order chi connectivity index (χ1) is 6.73. The third-order valence-corrected chi connectivity index (χ3v) is 2.08. The highest BCUT2D eigenvalue weighted by Gasteiger charge is 2.34. The number of phenols is 1. The Kier molecular flexibility index (Phi) is 2.95. The summed E-state index contributed by atoms with van der Waals surface area (Å²) in [5.74, 6) is -1.51. The predicted molar refractivity (Wildman–Crippen MR) is 48.1 cm³/mol. The number of carbonyl (C=O) groups excluding carboxylic acids is 1. The zero-order valence-corrected chi connectivity index (χ0v) is 8.28. The number of rotatable bonds is 1. The molecule has 0 atom stereocenters. The molecule has 1 N–H and O–H groups in total. The van der Waals surface area contributed by atoms with Crippen LogP contribution in [0.4, 0.5) is 13.2 Å². The average Bonchev–Trinajstić information content (AvgIpc) is 2.06. The van der Waals surface area contributed by atoms with E-state index in [-0.39, 0.29) is 10.6 Å². The molecular weight excluding hydrogens is 233 g/mol. The van der Waals surface area contributed by atoms with E-state index in [4.69, 9.17) is 16.7 Å². The molecule has 1 aromatic carbocycles. The highest BCUT2D eigenvalue weighted by atomic mass is 35.5. The van der Waals surface area contributed by atoms with Crippen molar-refractivity contribution in [1.82, 2.24) is 0 Å². The van der Waals surface area contributed by atoms with Gasteiger partial charge in [0.05, 0.1) is 10.6 Å². The molecule has 15 heavy (non-hydrogen) atoms. The summed E-state index contributed by atoms with van der Waals surface area (Å²) in [5, 5.41) is 8.74. The van der Waals surface area contributed by atoms with Crippen molar-refractivity contribution in [3.8, 4) is 5.75 Å². The molecule has 0 aliphatic heterocycles. The number of ketones is 1. The molecule has 1 rings (SSSR count). The molecule has 0 saturated carbocycles. The Bertz CT molecular complexity index is 413. The van der Waals surface area contributed by atoms with E-state index in [1.807, 2.05) is 0 Å². The lowest BCUT2D eigenvalue weighted by atomic mass is 10.1. The Morgan fingerprint density at radius 2 is 1.93 bits per heavy atom. The van der Waals surface area contributed by atoms with Crippen molar-refractivity contribution >= 4 is 17.4 Å². The van der Waals surface area contributed by atoms with Gasteiger partial charge >= 0.3 is 6.18 Å². The van der Waals surface area contributed by atoms with Gasteiger partial charge in [-0.2, -0.15) is 13.2 Å². The van der Waals surface area contributed by atoms with Gasteiger partial charge in [-0.15, -0.1) is 0 Å². The molecule has 0 saturated heterocycles. The van der Waals surface area contributed by atoms with Crippen LogP contribution in [-0.2, 0) is 6.18 Å². The third kappa shape index (κ3) is 2.41. The van der Waals surface area contributed by atoms with Crippen molar-refractivity contribution < 1.29 is 23.1 Å². The Morgan fingerprint density at radius 3 is 2.33 bits per heavy atom. The average molecular weight is 239 g/mol. The summed E-state index contributed by atoms with van der Waals surface area (Å²) in [4.78, 5) is 10.9. The minimum Gasteiger partial charge on any atom is -0.507 e. The van der Waals surface area contributed by atoms with Crippen molar-refractivity contribution in [2.24, 2.45) is 0 Å². The maximum absolute atomic E-state index is 12.3. The monoisotopic (exact) mass is 238 g/mol. The van der Waals surface area contributed by atoms with Gasteiger partial charge in [0.2, 0.25) is 0 Å². The standard InChI is InChI=1S/C9H6ClF3O2/c1-4(14)5-2-8(15)6(3-7(5)10)9(11,12)13/h2-3,15H,1H3. The van der Waals surface area contributed by atoms with Crippen molar-refractivity contribution in [2.45, 2.75) is 13.1 Å². The van der Waals surface area contributed by atoms with Crippen LogP contribution in [0.5, 0.6) is 5.75 Å². The topological polar surface area (TPSA) is 37.3 Å². The van der Waals surface area contributed by atoms with E-state index in [1.165, 1.54) is 0 Å². The van der Waals surface area contributed by atoms with Gasteiger partial charge in [0.15, 0.2) is 5.78 Å². The van der Waals surface area contributed by atoms with Crippen LogP contribution in [0.15, 0.2) is 12.1 Å². The maximum atomic E-state index is 12.3. The first-order valence-corrected chi connectivity index (χ1v) is 4.22. The molecule has 0 bridgehead atoms. The Labute approximate surface area is 88.3 Å². The molecule has 0 aliphatic carbocycles. The quantitative estimate of drug-likeness (QED) is 0.763. The minimum atomic E-state index is -4.69. The summed E-state index contributed by atoms with van der Waals surface area (Å²) < 4.78 is 36.8. The summed E-state index contributed by atoms with van der Waals surface area (Å²) >= 11 is 5.47. The highest BCUT2D eigenvalue weighted by molar-refractivity contribution is 6.34. The molecule has 1 aromatic rings. The number of hydrogen-bond donors (Lipinski definition) is 1. The van der Waals surface area contributed by atoms with Crippen LogP contribution in [0, 0.1) is 0 Å². The number of Topliss-reactive ketones (excluding diaryl/α,β-unsaturated/α-hetero) is 1. The van der Waals surface area contributed by atoms with Crippen LogP contribution in [-0.4, -0.2) is 10.9 Å². The van der Waals surface area contributed by atoms with Gasteiger partial charge in [-0.3, -0.25) is 4.79 Å². The van der Waals surface area contributed by atoms with Gasteiger partial charge in [-0.05, 0) is 19.1 Å². The second-order valence-corrected chi connectivity index (χ2v) is 3.31. The number of alkyl halides is 3. The second kappa shape index (κ2) is 3.73. The fraction of sp³-hybridized carbons (Fsp3) is 0.222. The van der Waals surface area contributed by atoms with Crippen LogP contribution >= 0.6 is 11.6 Å². The van der Waals surface area contributed by atoms with Crippen LogP contribution in [0.3, 0.4) is 0 Å². The lowest BCUT2D eigenvalue weighted by Crippen LogP contribution is -2.06. The zero-order chi connectivity index (χ0) is 11.8. The fourth-order valence-electron chi connectivity index (χ4n) is 1.06. The summed E-state index contributed by atoms with van der Waals surface area (Å²) in [6.45, 7) is 1.15. The van der Waals surface area contributed by atoms with E-state index in [1.54, 1.807) is 0 Å². The summed E-state index contributed by atoms with van der Waals surface area (Å²) in [6.07, 6.45) is -4.69. The number of phenolic OH excluding ortho intramolecular Hbond substituents is 1. The van der Waals surface area contributed by atoms with Crippen molar-refractivity contribution in [2.75, 3.05) is 0 Å². The van der Waals surface area contributed by atoms with E-state index in [2.05, 4.69) is 0 Å². The smallest absolute Gasteiger partial charge is 0.420 e. The number of carbonyl (C=O) groups is 1. The largest absolute Gasteiger partial charge is 0.507 e. The minimum absolute atomic E-state index is 0.137. The van der Waals surface area contributed by atoms with Gasteiger partial charge in [-0.25, -0.2) is 0 Å². The molecule has 0 amide bonds. The second-order valence-electron chi connectivity index (χ2n) is 2.90. The van der Waals surface area contributed by atoms with Crippen molar-refractivity contribution in [1.29, 1.82) is 0 Å². The fourth-order valence-corrected chi connectivity index (χ4v) is 1.36. The Morgan fingerprint density at radius 1 is 1.40 bits per heavy atom. The Balaban J connectivity index is 3.39. The SMILES string of the molecule is CC(=O)c1cc(O)c(C(F)(F)F)cc1Cl. The van der Waals surface area contributed by atoms with Gasteiger partial charge in [-0.1, -0.05) is 11.6 Å². The molecule has 6 heteroatoms. The molecule has 82 valence electrons.